The lowest BCUT2D eigenvalue weighted by molar-refractivity contribution is 0.779. The Morgan fingerprint density at radius 1 is 1.21 bits per heavy atom. The van der Waals surface area contributed by atoms with Crippen LogP contribution >= 0.6 is 11.8 Å². The van der Waals surface area contributed by atoms with E-state index in [1.165, 1.54) is 18.6 Å². The molecule has 1 saturated heterocycles. The van der Waals surface area contributed by atoms with Crippen LogP contribution in [0.15, 0.2) is 36.4 Å². The first-order valence-electron chi connectivity index (χ1n) is 6.60. The zero-order chi connectivity index (χ0) is 13.1. The Labute approximate surface area is 117 Å². The Bertz CT molecular complexity index is 551. The summed E-state index contributed by atoms with van der Waals surface area (Å²) in [7, 11) is 1.91. The maximum absolute atomic E-state index is 4.76. The summed E-state index contributed by atoms with van der Waals surface area (Å²) < 4.78 is 0. The van der Waals surface area contributed by atoms with Crippen LogP contribution in [-0.2, 0) is 0 Å². The van der Waals surface area contributed by atoms with Crippen LogP contribution < -0.4 is 5.32 Å². The van der Waals surface area contributed by atoms with Crippen molar-refractivity contribution in [3.05, 3.63) is 42.2 Å². The summed E-state index contributed by atoms with van der Waals surface area (Å²) in [6, 6.07) is 12.3. The fourth-order valence-electron chi connectivity index (χ4n) is 2.28. The second-order valence-electron chi connectivity index (χ2n) is 4.61. The largest absolute Gasteiger partial charge is 0.373 e. The lowest BCUT2D eigenvalue weighted by atomic mass is 10.1. The molecule has 0 spiro atoms. The highest BCUT2D eigenvalue weighted by Crippen LogP contribution is 2.39. The van der Waals surface area contributed by atoms with Gasteiger partial charge in [0, 0.05) is 18.7 Å². The maximum Gasteiger partial charge on any atom is 0.144 e. The van der Waals surface area contributed by atoms with Gasteiger partial charge in [-0.05, 0) is 18.6 Å². The van der Waals surface area contributed by atoms with Crippen molar-refractivity contribution < 1.29 is 0 Å². The van der Waals surface area contributed by atoms with Gasteiger partial charge in [-0.15, -0.1) is 0 Å². The van der Waals surface area contributed by atoms with Gasteiger partial charge in [0.1, 0.15) is 11.6 Å². The molecule has 19 heavy (non-hydrogen) atoms. The standard InChI is InChI=1S/C15H17N3S/c1-16-14-10-12(11-6-3-2-4-7-11)17-15(18-14)13-8-5-9-19-13/h2-4,6-7,10,13H,5,8-9H2,1H3,(H,16,17,18). The van der Waals surface area contributed by atoms with E-state index in [1.807, 2.05) is 43.1 Å². The van der Waals surface area contributed by atoms with Gasteiger partial charge in [-0.25, -0.2) is 9.97 Å². The Morgan fingerprint density at radius 2 is 2.05 bits per heavy atom. The van der Waals surface area contributed by atoms with Gasteiger partial charge in [0.2, 0.25) is 0 Å². The fraction of sp³-hybridized carbons (Fsp3) is 0.333. The third-order valence-electron chi connectivity index (χ3n) is 3.29. The van der Waals surface area contributed by atoms with E-state index in [4.69, 9.17) is 4.98 Å². The molecule has 1 fully saturated rings. The molecule has 1 unspecified atom stereocenters. The van der Waals surface area contributed by atoms with Gasteiger partial charge in [-0.1, -0.05) is 30.3 Å². The van der Waals surface area contributed by atoms with E-state index in [0.717, 1.165) is 22.9 Å². The molecule has 1 aliphatic rings. The predicted molar refractivity (Wildman–Crippen MR) is 81.4 cm³/mol. The molecule has 1 atom stereocenters. The molecule has 2 heterocycles. The van der Waals surface area contributed by atoms with Gasteiger partial charge in [0.15, 0.2) is 0 Å². The molecule has 1 N–H and O–H groups in total. The van der Waals surface area contributed by atoms with E-state index in [-0.39, 0.29) is 0 Å². The minimum Gasteiger partial charge on any atom is -0.373 e. The number of benzene rings is 1. The Balaban J connectivity index is 2.02. The highest BCUT2D eigenvalue weighted by atomic mass is 32.2. The normalized spacial score (nSPS) is 18.5. The smallest absolute Gasteiger partial charge is 0.144 e. The van der Waals surface area contributed by atoms with Gasteiger partial charge >= 0.3 is 0 Å². The Morgan fingerprint density at radius 3 is 2.74 bits per heavy atom. The highest BCUT2D eigenvalue weighted by molar-refractivity contribution is 7.99. The van der Waals surface area contributed by atoms with Gasteiger partial charge in [0.25, 0.3) is 0 Å². The van der Waals surface area contributed by atoms with Crippen molar-refractivity contribution in [3.8, 4) is 11.3 Å². The number of rotatable bonds is 3. The number of nitrogens with one attached hydrogen (secondary N) is 1. The Kier molecular flexibility index (Phi) is 3.69. The summed E-state index contributed by atoms with van der Waals surface area (Å²) in [6.07, 6.45) is 2.45. The van der Waals surface area contributed by atoms with Crippen LogP contribution in [0, 0.1) is 0 Å². The predicted octanol–water partition coefficient (Wildman–Crippen LogP) is 3.75. The molecule has 2 aromatic rings. The monoisotopic (exact) mass is 271 g/mol. The van der Waals surface area contributed by atoms with Gasteiger partial charge < -0.3 is 5.32 Å². The summed E-state index contributed by atoms with van der Waals surface area (Å²) >= 11 is 1.97. The Hall–Kier alpha value is -1.55. The molecule has 3 rings (SSSR count). The lowest BCUT2D eigenvalue weighted by Crippen LogP contribution is -2.03. The van der Waals surface area contributed by atoms with Gasteiger partial charge in [0.05, 0.1) is 10.9 Å². The number of thioether (sulfide) groups is 1. The average Bonchev–Trinajstić information content (AvgIpc) is 3.02. The van der Waals surface area contributed by atoms with Crippen LogP contribution in [0.25, 0.3) is 11.3 Å². The molecule has 98 valence electrons. The van der Waals surface area contributed by atoms with E-state index >= 15 is 0 Å². The first-order chi connectivity index (χ1) is 9.36. The first kappa shape index (κ1) is 12.5. The second-order valence-corrected chi connectivity index (χ2v) is 5.92. The van der Waals surface area contributed by atoms with E-state index in [2.05, 4.69) is 22.4 Å². The average molecular weight is 271 g/mol. The summed E-state index contributed by atoms with van der Waals surface area (Å²) in [5, 5.41) is 3.60. The molecular formula is C15H17N3S. The zero-order valence-electron chi connectivity index (χ0n) is 11.0. The van der Waals surface area contributed by atoms with Crippen LogP contribution in [0.4, 0.5) is 5.82 Å². The summed E-state index contributed by atoms with van der Waals surface area (Å²) in [4.78, 5) is 9.38. The summed E-state index contributed by atoms with van der Waals surface area (Å²) in [6.45, 7) is 0. The van der Waals surface area contributed by atoms with E-state index < -0.39 is 0 Å². The van der Waals surface area contributed by atoms with E-state index in [0.29, 0.717) is 5.25 Å². The van der Waals surface area contributed by atoms with Crippen molar-refractivity contribution in [1.29, 1.82) is 0 Å². The zero-order valence-corrected chi connectivity index (χ0v) is 11.8. The molecule has 0 radical (unpaired) electrons. The minimum atomic E-state index is 0.454. The van der Waals surface area contributed by atoms with Crippen molar-refractivity contribution >= 4 is 17.6 Å². The summed E-state index contributed by atoms with van der Waals surface area (Å²) in [5.74, 6) is 3.09. The van der Waals surface area contributed by atoms with Gasteiger partial charge in [-0.2, -0.15) is 11.8 Å². The van der Waals surface area contributed by atoms with Crippen molar-refractivity contribution in [1.82, 2.24) is 9.97 Å². The van der Waals surface area contributed by atoms with Crippen molar-refractivity contribution in [2.75, 3.05) is 18.1 Å². The van der Waals surface area contributed by atoms with E-state index in [1.54, 1.807) is 0 Å². The lowest BCUT2D eigenvalue weighted by Gasteiger charge is -2.11. The van der Waals surface area contributed by atoms with Crippen molar-refractivity contribution in [2.24, 2.45) is 0 Å². The van der Waals surface area contributed by atoms with Crippen LogP contribution in [0.3, 0.4) is 0 Å². The van der Waals surface area contributed by atoms with Crippen LogP contribution in [0.5, 0.6) is 0 Å². The van der Waals surface area contributed by atoms with Gasteiger partial charge in [-0.3, -0.25) is 0 Å². The molecule has 1 aliphatic heterocycles. The molecule has 0 aliphatic carbocycles. The molecule has 1 aromatic heterocycles. The second kappa shape index (κ2) is 5.61. The number of nitrogens with zero attached hydrogens (tertiary/aromatic N) is 2. The quantitative estimate of drug-likeness (QED) is 0.922. The van der Waals surface area contributed by atoms with Crippen LogP contribution in [0.1, 0.15) is 23.9 Å². The number of hydrogen-bond donors (Lipinski definition) is 1. The molecule has 4 heteroatoms. The third kappa shape index (κ3) is 2.73. The SMILES string of the molecule is CNc1cc(-c2ccccc2)nc(C2CCCS2)n1. The number of anilines is 1. The number of hydrogen-bond acceptors (Lipinski definition) is 4. The summed E-state index contributed by atoms with van der Waals surface area (Å²) in [5.41, 5.74) is 2.15. The minimum absolute atomic E-state index is 0.454. The molecule has 0 saturated carbocycles. The molecule has 0 bridgehead atoms. The molecule has 3 nitrogen and oxygen atoms in total. The van der Waals surface area contributed by atoms with Crippen LogP contribution in [0.2, 0.25) is 0 Å². The maximum atomic E-state index is 4.76. The third-order valence-corrected chi connectivity index (χ3v) is 4.66. The van der Waals surface area contributed by atoms with E-state index in [9.17, 15) is 0 Å². The fourth-order valence-corrected chi connectivity index (χ4v) is 3.48. The molecular weight excluding hydrogens is 254 g/mol. The van der Waals surface area contributed by atoms with Crippen molar-refractivity contribution in [3.63, 3.8) is 0 Å². The van der Waals surface area contributed by atoms with Crippen molar-refractivity contribution in [2.45, 2.75) is 18.1 Å². The van der Waals surface area contributed by atoms with Crippen LogP contribution in [-0.4, -0.2) is 22.8 Å². The first-order valence-corrected chi connectivity index (χ1v) is 7.65. The topological polar surface area (TPSA) is 37.8 Å². The number of aromatic nitrogens is 2. The highest BCUT2D eigenvalue weighted by Gasteiger charge is 2.21. The molecule has 1 aromatic carbocycles. The molecule has 0 amide bonds.